The Morgan fingerprint density at radius 2 is 2.13 bits per heavy atom. The van der Waals surface area contributed by atoms with Crippen LogP contribution in [0.5, 0.6) is 5.75 Å². The molecule has 2 rings (SSSR count). The van der Waals surface area contributed by atoms with E-state index in [2.05, 4.69) is 15.6 Å². The van der Waals surface area contributed by atoms with E-state index in [0.717, 1.165) is 5.56 Å². The number of guanidine groups is 1. The van der Waals surface area contributed by atoms with Crippen molar-refractivity contribution in [1.82, 2.24) is 10.6 Å². The minimum atomic E-state index is -0.558. The number of aliphatic imine (C=N–C) groups is 1. The number of nitriles is 1. The van der Waals surface area contributed by atoms with Gasteiger partial charge in [0.1, 0.15) is 11.8 Å². The molecule has 0 spiro atoms. The van der Waals surface area contributed by atoms with Gasteiger partial charge in [-0.05, 0) is 31.5 Å². The highest BCUT2D eigenvalue weighted by Crippen LogP contribution is 2.32. The monoisotopic (exact) mass is 314 g/mol. The van der Waals surface area contributed by atoms with Crippen molar-refractivity contribution in [2.24, 2.45) is 4.99 Å². The first-order chi connectivity index (χ1) is 11.1. The topological polar surface area (TPSA) is 95.7 Å². The fourth-order valence-electron chi connectivity index (χ4n) is 2.29. The Hall–Kier alpha value is -3.01. The van der Waals surface area contributed by atoms with Crippen LogP contribution >= 0.6 is 0 Å². The van der Waals surface area contributed by atoms with Gasteiger partial charge in [0.05, 0.1) is 19.3 Å². The summed E-state index contributed by atoms with van der Waals surface area (Å²) in [6, 6.07) is 6.69. The lowest BCUT2D eigenvalue weighted by Gasteiger charge is -2.25. The number of carbonyl (C=O) groups excluding carboxylic acids is 1. The summed E-state index contributed by atoms with van der Waals surface area (Å²) in [6.07, 6.45) is 1.82. The summed E-state index contributed by atoms with van der Waals surface area (Å²) in [5, 5.41) is 14.1. The Kier molecular flexibility index (Phi) is 5.20. The lowest BCUT2D eigenvalue weighted by molar-refractivity contribution is -0.138. The molecule has 7 nitrogen and oxygen atoms in total. The zero-order valence-corrected chi connectivity index (χ0v) is 13.2. The van der Waals surface area contributed by atoms with Crippen LogP contribution in [0.25, 0.3) is 0 Å². The quantitative estimate of drug-likeness (QED) is 0.498. The van der Waals surface area contributed by atoms with E-state index in [1.54, 1.807) is 33.1 Å². The molecular weight excluding hydrogens is 296 g/mol. The molecule has 1 aliphatic rings. The summed E-state index contributed by atoms with van der Waals surface area (Å²) in [4.78, 5) is 16.7. The minimum Gasteiger partial charge on any atom is -0.497 e. The van der Waals surface area contributed by atoms with E-state index in [1.165, 1.54) is 0 Å². The van der Waals surface area contributed by atoms with Crippen molar-refractivity contribution in [2.45, 2.75) is 19.9 Å². The van der Waals surface area contributed by atoms with Gasteiger partial charge in [-0.3, -0.25) is 5.32 Å². The standard InChI is InChI=1S/C16H18N4O3/c1-4-23-15(21)13-10(2)19-16(18-9-17)20-14(13)11-5-7-12(22-3)8-6-11/h5-8,14H,4H2,1-3H3,(H2,18,19,20). The predicted octanol–water partition coefficient (Wildman–Crippen LogP) is 1.60. The number of ether oxygens (including phenoxy) is 2. The molecule has 0 saturated heterocycles. The Balaban J connectivity index is 2.43. The van der Waals surface area contributed by atoms with E-state index in [-0.39, 0.29) is 6.61 Å². The highest BCUT2D eigenvalue weighted by Gasteiger charge is 2.30. The van der Waals surface area contributed by atoms with Crippen molar-refractivity contribution in [2.75, 3.05) is 13.7 Å². The first-order valence-corrected chi connectivity index (χ1v) is 7.12. The third-order valence-corrected chi connectivity index (χ3v) is 3.34. The largest absolute Gasteiger partial charge is 0.497 e. The number of nitrogens with one attached hydrogen (secondary N) is 2. The van der Waals surface area contributed by atoms with Crippen molar-refractivity contribution in [3.63, 3.8) is 0 Å². The molecule has 1 unspecified atom stereocenters. The zero-order valence-electron chi connectivity index (χ0n) is 13.2. The van der Waals surface area contributed by atoms with E-state index in [0.29, 0.717) is 23.0 Å². The van der Waals surface area contributed by atoms with Crippen LogP contribution in [-0.2, 0) is 9.53 Å². The summed E-state index contributed by atoms with van der Waals surface area (Å²) >= 11 is 0. The molecule has 7 heteroatoms. The van der Waals surface area contributed by atoms with Gasteiger partial charge in [0, 0.05) is 5.70 Å². The highest BCUT2D eigenvalue weighted by atomic mass is 16.5. The van der Waals surface area contributed by atoms with Gasteiger partial charge < -0.3 is 14.8 Å². The van der Waals surface area contributed by atoms with E-state index >= 15 is 0 Å². The van der Waals surface area contributed by atoms with Crippen LogP contribution in [0.15, 0.2) is 40.5 Å². The molecule has 1 aromatic rings. The maximum atomic E-state index is 12.3. The molecule has 0 amide bonds. The maximum Gasteiger partial charge on any atom is 0.338 e. The SMILES string of the molecule is CCOC(=O)C1=C(C)NC(NC#N)=NC1c1ccc(OC)cc1. The molecule has 0 aliphatic carbocycles. The van der Waals surface area contributed by atoms with Crippen LogP contribution in [0.2, 0.25) is 0 Å². The Morgan fingerprint density at radius 1 is 1.43 bits per heavy atom. The maximum absolute atomic E-state index is 12.3. The second-order valence-electron chi connectivity index (χ2n) is 4.77. The molecule has 0 saturated carbocycles. The summed E-state index contributed by atoms with van der Waals surface area (Å²) in [7, 11) is 1.58. The van der Waals surface area contributed by atoms with E-state index in [1.807, 2.05) is 18.3 Å². The van der Waals surface area contributed by atoms with Crippen LogP contribution < -0.4 is 15.4 Å². The van der Waals surface area contributed by atoms with E-state index < -0.39 is 12.0 Å². The first-order valence-electron chi connectivity index (χ1n) is 7.12. The summed E-state index contributed by atoms with van der Waals surface area (Å²) in [5.74, 6) is 0.567. The Bertz CT molecular complexity index is 686. The molecule has 0 bridgehead atoms. The van der Waals surface area contributed by atoms with Gasteiger partial charge in [-0.25, -0.2) is 9.79 Å². The number of benzene rings is 1. The van der Waals surface area contributed by atoms with Gasteiger partial charge >= 0.3 is 5.97 Å². The minimum absolute atomic E-state index is 0.276. The normalized spacial score (nSPS) is 16.8. The smallest absolute Gasteiger partial charge is 0.338 e. The van der Waals surface area contributed by atoms with Gasteiger partial charge in [-0.1, -0.05) is 12.1 Å². The lowest BCUT2D eigenvalue weighted by Crippen LogP contribution is -2.39. The fraction of sp³-hybridized carbons (Fsp3) is 0.312. The fourth-order valence-corrected chi connectivity index (χ4v) is 2.29. The van der Waals surface area contributed by atoms with Gasteiger partial charge in [-0.15, -0.1) is 0 Å². The van der Waals surface area contributed by atoms with Crippen LogP contribution in [0, 0.1) is 11.5 Å². The summed E-state index contributed by atoms with van der Waals surface area (Å²) in [5.41, 5.74) is 1.81. The predicted molar refractivity (Wildman–Crippen MR) is 84.4 cm³/mol. The number of rotatable bonds is 4. The summed E-state index contributed by atoms with van der Waals surface area (Å²) in [6.45, 7) is 3.77. The molecule has 0 aromatic heterocycles. The average molecular weight is 314 g/mol. The molecule has 1 aromatic carbocycles. The highest BCUT2D eigenvalue weighted by molar-refractivity contribution is 5.95. The van der Waals surface area contributed by atoms with E-state index in [9.17, 15) is 4.79 Å². The molecule has 0 fully saturated rings. The number of nitrogens with zero attached hydrogens (tertiary/aromatic N) is 2. The van der Waals surface area contributed by atoms with Crippen molar-refractivity contribution in [1.29, 1.82) is 5.26 Å². The molecular formula is C16H18N4O3. The van der Waals surface area contributed by atoms with Crippen molar-refractivity contribution in [3.05, 3.63) is 41.1 Å². The van der Waals surface area contributed by atoms with Crippen LogP contribution in [0.1, 0.15) is 25.5 Å². The lowest BCUT2D eigenvalue weighted by atomic mass is 9.96. The third kappa shape index (κ3) is 3.61. The van der Waals surface area contributed by atoms with Crippen LogP contribution in [0.3, 0.4) is 0 Å². The van der Waals surface area contributed by atoms with Gasteiger partial charge in [0.25, 0.3) is 0 Å². The Morgan fingerprint density at radius 3 is 2.70 bits per heavy atom. The molecule has 2 N–H and O–H groups in total. The van der Waals surface area contributed by atoms with Crippen molar-refractivity contribution < 1.29 is 14.3 Å². The second kappa shape index (κ2) is 7.31. The van der Waals surface area contributed by atoms with Gasteiger partial charge in [0.2, 0.25) is 5.96 Å². The number of carbonyl (C=O) groups is 1. The average Bonchev–Trinajstić information content (AvgIpc) is 2.55. The number of allylic oxidation sites excluding steroid dienone is 1. The molecule has 1 aliphatic heterocycles. The number of hydrogen-bond donors (Lipinski definition) is 2. The Labute approximate surface area is 134 Å². The molecule has 1 heterocycles. The van der Waals surface area contributed by atoms with Crippen LogP contribution in [0.4, 0.5) is 0 Å². The summed E-state index contributed by atoms with van der Waals surface area (Å²) < 4.78 is 10.3. The molecule has 1 atom stereocenters. The first kappa shape index (κ1) is 16.4. The molecule has 0 radical (unpaired) electrons. The van der Waals surface area contributed by atoms with E-state index in [4.69, 9.17) is 14.7 Å². The number of hydrogen-bond acceptors (Lipinski definition) is 7. The van der Waals surface area contributed by atoms with Crippen molar-refractivity contribution in [3.8, 4) is 11.9 Å². The molecule has 120 valence electrons. The third-order valence-electron chi connectivity index (χ3n) is 3.34. The molecule has 23 heavy (non-hydrogen) atoms. The number of esters is 1. The van der Waals surface area contributed by atoms with Gasteiger partial charge in [-0.2, -0.15) is 5.26 Å². The zero-order chi connectivity index (χ0) is 16.8. The number of methoxy groups -OCH3 is 1. The van der Waals surface area contributed by atoms with Crippen molar-refractivity contribution >= 4 is 11.9 Å². The van der Waals surface area contributed by atoms with Crippen LogP contribution in [-0.4, -0.2) is 25.6 Å². The van der Waals surface area contributed by atoms with Gasteiger partial charge in [0.15, 0.2) is 6.19 Å². The second-order valence-corrected chi connectivity index (χ2v) is 4.77.